The van der Waals surface area contributed by atoms with Crippen LogP contribution in [0.3, 0.4) is 0 Å². The first-order chi connectivity index (χ1) is 15.1. The first-order valence-electron chi connectivity index (χ1n) is 10.7. The quantitative estimate of drug-likeness (QED) is 0.694. The lowest BCUT2D eigenvalue weighted by atomic mass is 10.0. The van der Waals surface area contributed by atoms with Gasteiger partial charge in [0.05, 0.1) is 0 Å². The van der Waals surface area contributed by atoms with E-state index in [2.05, 4.69) is 11.4 Å². The second-order valence-electron chi connectivity index (χ2n) is 7.66. The van der Waals surface area contributed by atoms with Crippen LogP contribution in [0, 0.1) is 0 Å². The Morgan fingerprint density at radius 1 is 0.935 bits per heavy atom. The number of nitrogens with zero attached hydrogens (tertiary/aromatic N) is 1. The van der Waals surface area contributed by atoms with Gasteiger partial charge >= 0.3 is 0 Å². The fraction of sp³-hybridized carbons (Fsp3) is 0.375. The van der Waals surface area contributed by atoms with Crippen LogP contribution in [0.5, 0.6) is 11.5 Å². The number of hydrogen-bond donors (Lipinski definition) is 1. The molecule has 0 radical (unpaired) electrons. The van der Waals surface area contributed by atoms with Gasteiger partial charge in [-0.3, -0.25) is 14.4 Å². The molecule has 0 aromatic heterocycles. The maximum atomic E-state index is 12.6. The van der Waals surface area contributed by atoms with Gasteiger partial charge in [0.1, 0.15) is 13.2 Å². The van der Waals surface area contributed by atoms with Crippen molar-refractivity contribution < 1.29 is 23.9 Å². The van der Waals surface area contributed by atoms with Crippen LogP contribution < -0.4 is 19.7 Å². The Hall–Kier alpha value is -3.35. The number of Topliss-reactive ketones (excluding diaryl/α,β-unsaturated/α-hetero) is 1. The molecular formula is C24H26N2O5. The van der Waals surface area contributed by atoms with Gasteiger partial charge in [-0.2, -0.15) is 0 Å². The fourth-order valence-electron chi connectivity index (χ4n) is 3.91. The standard InChI is InChI=1S/C24H26N2O5/c27-20(18-7-9-21-22(16-18)31-15-14-30-21)8-10-23(28)25-12-11-24(29)26-13-3-5-17-4-1-2-6-19(17)26/h1-2,4,6-7,9,16H,3,5,8,10-15H2,(H,25,28). The summed E-state index contributed by atoms with van der Waals surface area (Å²) in [5, 5.41) is 2.75. The number of rotatable bonds is 7. The Labute approximate surface area is 181 Å². The van der Waals surface area contributed by atoms with Crippen LogP contribution in [0.1, 0.15) is 41.6 Å². The molecule has 0 unspecified atom stereocenters. The number of carbonyl (C=O) groups is 3. The number of amides is 2. The molecule has 7 nitrogen and oxygen atoms in total. The summed E-state index contributed by atoms with van der Waals surface area (Å²) in [5.74, 6) is 0.812. The molecule has 2 aromatic carbocycles. The van der Waals surface area contributed by atoms with Gasteiger partial charge in [-0.25, -0.2) is 0 Å². The molecule has 1 N–H and O–H groups in total. The molecule has 0 saturated heterocycles. The maximum absolute atomic E-state index is 12.6. The number of para-hydroxylation sites is 1. The van der Waals surface area contributed by atoms with E-state index in [1.165, 1.54) is 5.56 Å². The largest absolute Gasteiger partial charge is 0.486 e. The zero-order valence-corrected chi connectivity index (χ0v) is 17.4. The molecule has 4 rings (SSSR count). The first kappa shape index (κ1) is 20.9. The van der Waals surface area contributed by atoms with Crippen molar-refractivity contribution in [3.63, 3.8) is 0 Å². The Bertz CT molecular complexity index is 988. The number of nitrogens with one attached hydrogen (secondary N) is 1. The van der Waals surface area contributed by atoms with Gasteiger partial charge in [-0.05, 0) is 42.7 Å². The van der Waals surface area contributed by atoms with Crippen molar-refractivity contribution in [3.8, 4) is 11.5 Å². The van der Waals surface area contributed by atoms with Crippen molar-refractivity contribution in [1.29, 1.82) is 0 Å². The summed E-state index contributed by atoms with van der Waals surface area (Å²) < 4.78 is 10.9. The summed E-state index contributed by atoms with van der Waals surface area (Å²) in [4.78, 5) is 38.9. The van der Waals surface area contributed by atoms with E-state index in [1.54, 1.807) is 23.1 Å². The normalized spacial score (nSPS) is 14.5. The van der Waals surface area contributed by atoms with Crippen molar-refractivity contribution in [3.05, 3.63) is 53.6 Å². The van der Waals surface area contributed by atoms with Crippen molar-refractivity contribution >= 4 is 23.3 Å². The first-order valence-corrected chi connectivity index (χ1v) is 10.7. The third-order valence-corrected chi connectivity index (χ3v) is 5.52. The van der Waals surface area contributed by atoms with Crippen molar-refractivity contribution in [1.82, 2.24) is 5.32 Å². The number of fused-ring (bicyclic) bond motifs is 2. The summed E-state index contributed by atoms with van der Waals surface area (Å²) in [6.45, 7) is 1.91. The van der Waals surface area contributed by atoms with E-state index in [4.69, 9.17) is 9.47 Å². The summed E-state index contributed by atoms with van der Waals surface area (Å²) >= 11 is 0. The molecule has 0 aliphatic carbocycles. The third-order valence-electron chi connectivity index (χ3n) is 5.52. The van der Waals surface area contributed by atoms with Gasteiger partial charge in [0.25, 0.3) is 0 Å². The molecule has 2 amide bonds. The third kappa shape index (κ3) is 5.05. The second-order valence-corrected chi connectivity index (χ2v) is 7.66. The number of ketones is 1. The van der Waals surface area contributed by atoms with Crippen LogP contribution in [0.4, 0.5) is 5.69 Å². The monoisotopic (exact) mass is 422 g/mol. The smallest absolute Gasteiger partial charge is 0.228 e. The van der Waals surface area contributed by atoms with Gasteiger partial charge in [0.15, 0.2) is 17.3 Å². The van der Waals surface area contributed by atoms with E-state index in [-0.39, 0.29) is 43.4 Å². The molecule has 0 spiro atoms. The molecule has 0 atom stereocenters. The molecule has 2 heterocycles. The highest BCUT2D eigenvalue weighted by molar-refractivity contribution is 5.98. The molecule has 7 heteroatoms. The van der Waals surface area contributed by atoms with Gasteiger partial charge < -0.3 is 19.7 Å². The summed E-state index contributed by atoms with van der Waals surface area (Å²) in [6.07, 6.45) is 2.33. The predicted octanol–water partition coefficient (Wildman–Crippen LogP) is 2.91. The molecule has 2 aromatic rings. The highest BCUT2D eigenvalue weighted by Crippen LogP contribution is 2.31. The average Bonchev–Trinajstić information content (AvgIpc) is 2.81. The van der Waals surface area contributed by atoms with Crippen LogP contribution in [-0.2, 0) is 16.0 Å². The highest BCUT2D eigenvalue weighted by atomic mass is 16.6. The van der Waals surface area contributed by atoms with Crippen LogP contribution in [-0.4, -0.2) is 43.9 Å². The van der Waals surface area contributed by atoms with Crippen LogP contribution in [0.2, 0.25) is 0 Å². The lowest BCUT2D eigenvalue weighted by Crippen LogP contribution is -2.37. The number of hydrogen-bond acceptors (Lipinski definition) is 5. The molecule has 162 valence electrons. The van der Waals surface area contributed by atoms with Crippen LogP contribution >= 0.6 is 0 Å². The SMILES string of the molecule is O=C(CCC(=O)c1ccc2c(c1)OCCO2)NCCC(=O)N1CCCc2ccccc21. The molecule has 0 saturated carbocycles. The van der Waals surface area contributed by atoms with Gasteiger partial charge in [-0.15, -0.1) is 0 Å². The molecule has 0 fully saturated rings. The molecule has 31 heavy (non-hydrogen) atoms. The molecular weight excluding hydrogens is 396 g/mol. The summed E-state index contributed by atoms with van der Waals surface area (Å²) in [5.41, 5.74) is 2.65. The minimum Gasteiger partial charge on any atom is -0.486 e. The van der Waals surface area contributed by atoms with Gasteiger partial charge in [-0.1, -0.05) is 18.2 Å². The van der Waals surface area contributed by atoms with E-state index in [0.29, 0.717) is 36.8 Å². The van der Waals surface area contributed by atoms with Crippen molar-refractivity contribution in [2.45, 2.75) is 32.1 Å². The van der Waals surface area contributed by atoms with Crippen molar-refractivity contribution in [2.75, 3.05) is 31.2 Å². The van der Waals surface area contributed by atoms with E-state index < -0.39 is 0 Å². The molecule has 2 aliphatic rings. The number of aryl methyl sites for hydroxylation is 1. The number of carbonyl (C=O) groups excluding carboxylic acids is 3. The van der Waals surface area contributed by atoms with Gasteiger partial charge in [0, 0.05) is 43.6 Å². The zero-order valence-electron chi connectivity index (χ0n) is 17.4. The van der Waals surface area contributed by atoms with Crippen LogP contribution in [0.25, 0.3) is 0 Å². The lowest BCUT2D eigenvalue weighted by Gasteiger charge is -2.29. The number of anilines is 1. The summed E-state index contributed by atoms with van der Waals surface area (Å²) in [7, 11) is 0. The summed E-state index contributed by atoms with van der Waals surface area (Å²) in [6, 6.07) is 13.0. The van der Waals surface area contributed by atoms with Crippen LogP contribution in [0.15, 0.2) is 42.5 Å². The average molecular weight is 422 g/mol. The Morgan fingerprint density at radius 2 is 1.74 bits per heavy atom. The Morgan fingerprint density at radius 3 is 2.61 bits per heavy atom. The fourth-order valence-corrected chi connectivity index (χ4v) is 3.91. The predicted molar refractivity (Wildman–Crippen MR) is 116 cm³/mol. The minimum absolute atomic E-state index is 0.000181. The Balaban J connectivity index is 1.21. The highest BCUT2D eigenvalue weighted by Gasteiger charge is 2.22. The second kappa shape index (κ2) is 9.64. The molecule has 0 bridgehead atoms. The van der Waals surface area contributed by atoms with Crippen molar-refractivity contribution in [2.24, 2.45) is 0 Å². The topological polar surface area (TPSA) is 84.9 Å². The zero-order chi connectivity index (χ0) is 21.6. The van der Waals surface area contributed by atoms with Gasteiger partial charge in [0.2, 0.25) is 11.8 Å². The molecule has 2 aliphatic heterocycles. The maximum Gasteiger partial charge on any atom is 0.228 e. The van der Waals surface area contributed by atoms with E-state index in [9.17, 15) is 14.4 Å². The Kier molecular flexibility index (Phi) is 6.50. The van der Waals surface area contributed by atoms with E-state index in [0.717, 1.165) is 18.5 Å². The van der Waals surface area contributed by atoms with E-state index >= 15 is 0 Å². The number of ether oxygens (including phenoxy) is 2. The number of benzene rings is 2. The lowest BCUT2D eigenvalue weighted by molar-refractivity contribution is -0.121. The van der Waals surface area contributed by atoms with E-state index in [1.807, 2.05) is 18.2 Å². The minimum atomic E-state index is -0.238.